The average molecular weight is 612 g/mol. The van der Waals surface area contributed by atoms with Gasteiger partial charge in [0.1, 0.15) is 0 Å². The Hall–Kier alpha value is 6.67. The van der Waals surface area contributed by atoms with E-state index in [1.807, 2.05) is 0 Å². The molecule has 0 aromatic heterocycles. The molecule has 0 radical (unpaired) electrons. The second kappa shape index (κ2) is 152. The molecule has 0 aromatic carbocycles. The largest absolute Gasteiger partial charge is 6.00 e. The number of hydrogen-bond donors (Lipinski definition) is 0. The summed E-state index contributed by atoms with van der Waals surface area (Å²) in [4.78, 5) is 25.6. The molecule has 0 spiro atoms. The quantitative estimate of drug-likeness (QED) is 0.190. The van der Waals surface area contributed by atoms with Crippen molar-refractivity contribution in [3.63, 3.8) is 0 Å². The minimum absolute atomic E-state index is 0. The average Bonchev–Trinajstić information content (AvgIpc) is 0.722. The third-order valence-corrected chi connectivity index (χ3v) is 0. The van der Waals surface area contributed by atoms with Gasteiger partial charge in [0.2, 0.25) is 0 Å². The Morgan fingerprint density at radius 1 is 0.375 bits per heavy atom. The molecule has 0 N–H and O–H groups in total. The Balaban J connectivity index is -0.000000000468. The van der Waals surface area contributed by atoms with Crippen LogP contribution in [0.4, 0.5) is 0 Å². The molecule has 0 rings (SSSR count). The molecular weight excluding hydrogens is 612 g/mol. The Kier molecular flexibility index (Phi) is 1500. The van der Waals surface area contributed by atoms with E-state index < -0.39 is 7.82 Å². The molecule has 0 heterocycles. The summed E-state index contributed by atoms with van der Waals surface area (Å²) in [5.74, 6) is 0. The molecule has 0 saturated carbocycles. The maximum absolute atomic E-state index is 8.55. The molecule has 0 unspecified atom stereocenters. The minimum atomic E-state index is -5.39. The first-order valence-electron chi connectivity index (χ1n) is 0.730. The molecule has 0 aliphatic carbocycles. The standard InChI is InChI=1S/4Cr.3K.H3O4P.12O/c;;;;;;;1-5(2,3)4;;;;;;;;;;;;/h;;;;;;;(H3,1,2,3,4);;;;;;;;;;;;/q4*+6;3*+1;;12*-2/p-3. The Morgan fingerprint density at radius 2 is 0.375 bits per heavy atom. The zero-order valence-electron chi connectivity index (χ0n) is 11.6. The van der Waals surface area contributed by atoms with Crippen LogP contribution in [0.15, 0.2) is 0 Å². The summed E-state index contributed by atoms with van der Waals surface area (Å²) in [5, 5.41) is 0. The molecule has 0 aliphatic rings. The van der Waals surface area contributed by atoms with E-state index in [2.05, 4.69) is 0 Å². The molecule has 24 heavy (non-hydrogen) atoms. The monoisotopic (exact) mass is 612 g/mol. The van der Waals surface area contributed by atoms with Crippen LogP contribution < -0.4 is 169 Å². The van der Waals surface area contributed by atoms with Gasteiger partial charge in [-0.15, -0.1) is 0 Å². The van der Waals surface area contributed by atoms with Crippen molar-refractivity contribution in [2.75, 3.05) is 0 Å². The topological polar surface area (TPSA) is 428 Å². The van der Waals surface area contributed by atoms with E-state index in [0.29, 0.717) is 0 Å². The van der Waals surface area contributed by atoms with E-state index >= 15 is 0 Å². The first-order valence-corrected chi connectivity index (χ1v) is 2.19. The second-order valence-electron chi connectivity index (χ2n) is 0.447. The summed E-state index contributed by atoms with van der Waals surface area (Å²) in [6.45, 7) is 0. The predicted octanol–water partition coefficient (Wildman–Crippen LogP) is -13.2. The van der Waals surface area contributed by atoms with Gasteiger partial charge in [0, 0.05) is 0 Å². The zero-order chi connectivity index (χ0) is 4.50. The minimum Gasteiger partial charge on any atom is -2.00 e. The molecule has 0 fully saturated rings. The van der Waals surface area contributed by atoms with Gasteiger partial charge in [0.05, 0.1) is 0 Å². The molecule has 0 atom stereocenters. The van der Waals surface area contributed by atoms with Gasteiger partial charge >= 0.3 is 224 Å². The molecule has 0 aliphatic heterocycles. The smallest absolute Gasteiger partial charge is 2.00 e. The molecular formula is Cr4K3O16P. The zero-order valence-corrected chi connectivity index (χ0v) is 27.0. The first kappa shape index (κ1) is 237. The molecule has 0 bridgehead atoms. The third kappa shape index (κ3) is 493. The van der Waals surface area contributed by atoms with Crippen LogP contribution in [0, 0.1) is 0 Å². The van der Waals surface area contributed by atoms with Crippen LogP contribution >= 0.6 is 7.82 Å². The van der Waals surface area contributed by atoms with Crippen LogP contribution in [0.25, 0.3) is 0 Å². The van der Waals surface area contributed by atoms with E-state index in [4.69, 9.17) is 19.2 Å². The van der Waals surface area contributed by atoms with Gasteiger partial charge in [-0.2, -0.15) is 7.82 Å². The first-order chi connectivity index (χ1) is 2.00. The SMILES string of the molecule is O=P([O-])([O-])[O-].[Cr+6].[Cr+6].[Cr+6].[Cr+6].[K+].[K+].[K+].[O-2].[O-2].[O-2].[O-2].[O-2].[O-2].[O-2].[O-2].[O-2].[O-2].[O-2].[O-2]. The maximum Gasteiger partial charge on any atom is 6.00 e. The van der Waals surface area contributed by atoms with Gasteiger partial charge in [-0.3, -0.25) is 0 Å². The Bertz CT molecular complexity index is 79.5. The summed E-state index contributed by atoms with van der Waals surface area (Å²) < 4.78 is 8.55. The second-order valence-corrected chi connectivity index (χ2v) is 1.34. The molecule has 0 saturated heterocycles. The van der Waals surface area contributed by atoms with E-state index in [0.717, 1.165) is 0 Å². The van der Waals surface area contributed by atoms with E-state index in [1.165, 1.54) is 0 Å². The van der Waals surface area contributed by atoms with Gasteiger partial charge < -0.3 is 85.0 Å². The summed E-state index contributed by atoms with van der Waals surface area (Å²) in [6, 6.07) is 0. The van der Waals surface area contributed by atoms with Crippen molar-refractivity contribution < 1.29 is 309 Å². The van der Waals surface area contributed by atoms with Crippen LogP contribution in [0.1, 0.15) is 0 Å². The Labute approximate surface area is 308 Å². The summed E-state index contributed by atoms with van der Waals surface area (Å²) >= 11 is 0. The van der Waals surface area contributed by atoms with Crippen LogP contribution in [0.3, 0.4) is 0 Å². The Morgan fingerprint density at radius 3 is 0.375 bits per heavy atom. The summed E-state index contributed by atoms with van der Waals surface area (Å²) in [5.41, 5.74) is 0. The van der Waals surface area contributed by atoms with Gasteiger partial charge in [-0.1, -0.05) is 0 Å². The number of hydrogen-bond acceptors (Lipinski definition) is 4. The van der Waals surface area contributed by atoms with Crippen molar-refractivity contribution in [1.29, 1.82) is 0 Å². The van der Waals surface area contributed by atoms with Crippen molar-refractivity contribution in [3.8, 4) is 0 Å². The molecule has 0 amide bonds. The van der Waals surface area contributed by atoms with Gasteiger partial charge in [-0.25, -0.2) is 0 Å². The van der Waals surface area contributed by atoms with Gasteiger partial charge in [0.25, 0.3) is 0 Å². The van der Waals surface area contributed by atoms with E-state index in [1.54, 1.807) is 0 Å². The van der Waals surface area contributed by atoms with Crippen LogP contribution in [0.5, 0.6) is 0 Å². The van der Waals surface area contributed by atoms with Gasteiger partial charge in [-0.05, 0) is 0 Å². The maximum atomic E-state index is 8.55. The van der Waals surface area contributed by atoms with Gasteiger partial charge in [0.15, 0.2) is 0 Å². The van der Waals surface area contributed by atoms with E-state index in [-0.39, 0.29) is 289 Å². The fraction of sp³-hybridized carbons (Fsp3) is 0. The number of phosphoric acid groups is 1. The predicted molar refractivity (Wildman–Crippen MR) is 15.8 cm³/mol. The van der Waals surface area contributed by atoms with Crippen molar-refractivity contribution in [2.24, 2.45) is 0 Å². The molecule has 128 valence electrons. The number of rotatable bonds is 0. The summed E-state index contributed by atoms with van der Waals surface area (Å²) in [7, 11) is -5.39. The molecule has 0 aromatic rings. The van der Waals surface area contributed by atoms with Crippen molar-refractivity contribution in [2.45, 2.75) is 0 Å². The van der Waals surface area contributed by atoms with E-state index in [9.17, 15) is 0 Å². The van der Waals surface area contributed by atoms with Crippen molar-refractivity contribution >= 4 is 7.82 Å². The van der Waals surface area contributed by atoms with Crippen molar-refractivity contribution in [1.82, 2.24) is 0 Å². The summed E-state index contributed by atoms with van der Waals surface area (Å²) in [6.07, 6.45) is 0. The fourth-order valence-electron chi connectivity index (χ4n) is 0. The van der Waals surface area contributed by atoms with Crippen LogP contribution in [-0.4, -0.2) is 0 Å². The fourth-order valence-corrected chi connectivity index (χ4v) is 0. The van der Waals surface area contributed by atoms with Crippen LogP contribution in [-0.2, 0) is 140 Å². The molecule has 16 nitrogen and oxygen atoms in total. The third-order valence-electron chi connectivity index (χ3n) is 0. The normalized spacial score (nSPS) is 2.46. The molecule has 24 heteroatoms. The van der Waals surface area contributed by atoms with Crippen molar-refractivity contribution in [3.05, 3.63) is 0 Å². The van der Waals surface area contributed by atoms with Crippen LogP contribution in [0.2, 0.25) is 0 Å².